The molecule has 0 aliphatic carbocycles. The van der Waals surface area contributed by atoms with E-state index in [0.29, 0.717) is 17.2 Å². The summed E-state index contributed by atoms with van der Waals surface area (Å²) in [7, 11) is 1.58. The lowest BCUT2D eigenvalue weighted by Gasteiger charge is -2.13. The number of methoxy groups -OCH3 is 1. The Labute approximate surface area is 173 Å². The number of carbonyl (C=O) groups excluding carboxylic acids is 2. The summed E-state index contributed by atoms with van der Waals surface area (Å²) >= 11 is 0. The molecular formula is C25H19NO4. The molecule has 0 aliphatic rings. The number of nitrogens with zero attached hydrogens (tertiary/aromatic N) is 1. The molecular weight excluding hydrogens is 378 g/mol. The van der Waals surface area contributed by atoms with Crippen molar-refractivity contribution in [3.05, 3.63) is 96.3 Å². The average molecular weight is 397 g/mol. The van der Waals surface area contributed by atoms with Gasteiger partial charge in [-0.3, -0.25) is 4.79 Å². The van der Waals surface area contributed by atoms with Crippen LogP contribution in [0.3, 0.4) is 0 Å². The predicted octanol–water partition coefficient (Wildman–Crippen LogP) is 5.07. The van der Waals surface area contributed by atoms with Crippen LogP contribution in [0, 0.1) is 0 Å². The Hall–Kier alpha value is -4.12. The summed E-state index contributed by atoms with van der Waals surface area (Å²) in [5.74, 6) is 0.615. The first kappa shape index (κ1) is 19.2. The molecule has 148 valence electrons. The number of aromatic nitrogens is 1. The van der Waals surface area contributed by atoms with Crippen molar-refractivity contribution in [2.45, 2.75) is 0 Å². The van der Waals surface area contributed by atoms with E-state index in [1.807, 2.05) is 53.2 Å². The molecule has 5 nitrogen and oxygen atoms in total. The molecule has 1 aromatic heterocycles. The van der Waals surface area contributed by atoms with Gasteiger partial charge in [-0.25, -0.2) is 4.79 Å². The van der Waals surface area contributed by atoms with Gasteiger partial charge in [0.1, 0.15) is 11.5 Å². The SMILES string of the molecule is COc1ccc(OC(=O)/C=C/c2ccc3ccccc3c2-n2cccc2C=O)cc1. The first-order valence-electron chi connectivity index (χ1n) is 9.38. The molecule has 0 atom stereocenters. The van der Waals surface area contributed by atoms with Crippen molar-refractivity contribution >= 4 is 29.1 Å². The minimum absolute atomic E-state index is 0.429. The van der Waals surface area contributed by atoms with Gasteiger partial charge in [-0.1, -0.05) is 36.4 Å². The average Bonchev–Trinajstić information content (AvgIpc) is 3.26. The molecule has 0 amide bonds. The quantitative estimate of drug-likeness (QED) is 0.197. The van der Waals surface area contributed by atoms with Crippen LogP contribution in [0.1, 0.15) is 16.1 Å². The van der Waals surface area contributed by atoms with Gasteiger partial charge in [0.15, 0.2) is 6.29 Å². The molecule has 4 rings (SSSR count). The Kier molecular flexibility index (Phi) is 5.44. The summed E-state index contributed by atoms with van der Waals surface area (Å²) in [5, 5.41) is 2.01. The molecule has 4 aromatic rings. The van der Waals surface area contributed by atoms with E-state index in [-0.39, 0.29) is 0 Å². The Morgan fingerprint density at radius 3 is 2.43 bits per heavy atom. The molecule has 0 aliphatic heterocycles. The number of carbonyl (C=O) groups is 2. The third kappa shape index (κ3) is 3.86. The number of benzene rings is 3. The second kappa shape index (κ2) is 8.49. The van der Waals surface area contributed by atoms with Gasteiger partial charge in [0.25, 0.3) is 0 Å². The van der Waals surface area contributed by atoms with E-state index < -0.39 is 5.97 Å². The monoisotopic (exact) mass is 397 g/mol. The van der Waals surface area contributed by atoms with Gasteiger partial charge in [0.2, 0.25) is 0 Å². The van der Waals surface area contributed by atoms with Crippen LogP contribution in [0.4, 0.5) is 0 Å². The fourth-order valence-corrected chi connectivity index (χ4v) is 3.32. The standard InChI is InChI=1S/C25H19NO4/c1-29-21-11-13-22(14-12-21)30-24(28)15-10-19-9-8-18-5-2-3-7-23(18)25(19)26-16-4-6-20(26)17-27/h2-17H,1H3/b15-10+. The molecule has 0 saturated carbocycles. The van der Waals surface area contributed by atoms with Crippen molar-refractivity contribution in [3.8, 4) is 17.2 Å². The van der Waals surface area contributed by atoms with Gasteiger partial charge in [-0.15, -0.1) is 0 Å². The Morgan fingerprint density at radius 2 is 1.67 bits per heavy atom. The number of esters is 1. The molecule has 5 heteroatoms. The van der Waals surface area contributed by atoms with Crippen molar-refractivity contribution in [1.82, 2.24) is 4.57 Å². The van der Waals surface area contributed by atoms with Crippen molar-refractivity contribution < 1.29 is 19.1 Å². The van der Waals surface area contributed by atoms with Gasteiger partial charge in [-0.05, 0) is 53.4 Å². The lowest BCUT2D eigenvalue weighted by molar-refractivity contribution is -0.128. The zero-order valence-electron chi connectivity index (χ0n) is 16.3. The second-order valence-corrected chi connectivity index (χ2v) is 6.58. The molecule has 30 heavy (non-hydrogen) atoms. The smallest absolute Gasteiger partial charge is 0.336 e. The zero-order chi connectivity index (χ0) is 20.9. The van der Waals surface area contributed by atoms with Crippen LogP contribution >= 0.6 is 0 Å². The van der Waals surface area contributed by atoms with Crippen LogP contribution in [0.25, 0.3) is 22.5 Å². The molecule has 0 spiro atoms. The second-order valence-electron chi connectivity index (χ2n) is 6.58. The van der Waals surface area contributed by atoms with Gasteiger partial charge in [-0.2, -0.15) is 0 Å². The van der Waals surface area contributed by atoms with Crippen LogP contribution < -0.4 is 9.47 Å². The molecule has 0 saturated heterocycles. The molecule has 0 radical (unpaired) electrons. The summed E-state index contributed by atoms with van der Waals surface area (Å²) in [4.78, 5) is 23.8. The van der Waals surface area contributed by atoms with Crippen LogP contribution in [-0.4, -0.2) is 23.9 Å². The number of hydrogen-bond donors (Lipinski definition) is 0. The number of rotatable bonds is 6. The highest BCUT2D eigenvalue weighted by Crippen LogP contribution is 2.28. The number of fused-ring (bicyclic) bond motifs is 1. The van der Waals surface area contributed by atoms with Crippen molar-refractivity contribution in [3.63, 3.8) is 0 Å². The van der Waals surface area contributed by atoms with Gasteiger partial charge >= 0.3 is 5.97 Å². The van der Waals surface area contributed by atoms with E-state index >= 15 is 0 Å². The summed E-state index contributed by atoms with van der Waals surface area (Å²) in [5.41, 5.74) is 2.15. The first-order valence-corrected chi connectivity index (χ1v) is 9.38. The summed E-state index contributed by atoms with van der Waals surface area (Å²) in [6, 6.07) is 22.2. The third-order valence-electron chi connectivity index (χ3n) is 4.75. The fourth-order valence-electron chi connectivity index (χ4n) is 3.32. The Morgan fingerprint density at radius 1 is 0.900 bits per heavy atom. The molecule has 0 bridgehead atoms. The summed E-state index contributed by atoms with van der Waals surface area (Å²) in [6.07, 6.45) is 5.72. The zero-order valence-corrected chi connectivity index (χ0v) is 16.3. The molecule has 1 heterocycles. The van der Waals surface area contributed by atoms with Crippen LogP contribution in [-0.2, 0) is 4.79 Å². The van der Waals surface area contributed by atoms with Crippen molar-refractivity contribution in [2.24, 2.45) is 0 Å². The van der Waals surface area contributed by atoms with E-state index in [9.17, 15) is 9.59 Å². The number of aldehydes is 1. The van der Waals surface area contributed by atoms with E-state index in [2.05, 4.69) is 0 Å². The first-order chi connectivity index (χ1) is 14.7. The lowest BCUT2D eigenvalue weighted by atomic mass is 10.0. The lowest BCUT2D eigenvalue weighted by Crippen LogP contribution is -2.04. The van der Waals surface area contributed by atoms with E-state index in [4.69, 9.17) is 9.47 Å². The molecule has 3 aromatic carbocycles. The van der Waals surface area contributed by atoms with Gasteiger partial charge < -0.3 is 14.0 Å². The molecule has 0 unspecified atom stereocenters. The molecule has 0 fully saturated rings. The topological polar surface area (TPSA) is 57.5 Å². The molecule has 0 N–H and O–H groups in total. The Bertz CT molecular complexity index is 1240. The third-order valence-corrected chi connectivity index (χ3v) is 4.75. The normalized spacial score (nSPS) is 11.0. The van der Waals surface area contributed by atoms with E-state index in [0.717, 1.165) is 28.3 Å². The highest BCUT2D eigenvalue weighted by molar-refractivity contribution is 5.97. The summed E-state index contributed by atoms with van der Waals surface area (Å²) in [6.45, 7) is 0. The minimum Gasteiger partial charge on any atom is -0.497 e. The largest absolute Gasteiger partial charge is 0.497 e. The maximum absolute atomic E-state index is 12.3. The van der Waals surface area contributed by atoms with Crippen LogP contribution in [0.15, 0.2) is 85.1 Å². The Balaban J connectivity index is 1.69. The highest BCUT2D eigenvalue weighted by atomic mass is 16.5. The maximum atomic E-state index is 12.3. The van der Waals surface area contributed by atoms with Crippen LogP contribution in [0.5, 0.6) is 11.5 Å². The van der Waals surface area contributed by atoms with E-state index in [1.54, 1.807) is 43.5 Å². The maximum Gasteiger partial charge on any atom is 0.336 e. The van der Waals surface area contributed by atoms with Crippen molar-refractivity contribution in [1.29, 1.82) is 0 Å². The van der Waals surface area contributed by atoms with Crippen molar-refractivity contribution in [2.75, 3.05) is 7.11 Å². The predicted molar refractivity (Wildman–Crippen MR) is 116 cm³/mol. The summed E-state index contributed by atoms with van der Waals surface area (Å²) < 4.78 is 12.3. The minimum atomic E-state index is -0.498. The number of ether oxygens (including phenoxy) is 2. The fraction of sp³-hybridized carbons (Fsp3) is 0.0400. The van der Waals surface area contributed by atoms with E-state index in [1.165, 1.54) is 6.08 Å². The van der Waals surface area contributed by atoms with Gasteiger partial charge in [0, 0.05) is 17.7 Å². The number of hydrogen-bond acceptors (Lipinski definition) is 4. The highest BCUT2D eigenvalue weighted by Gasteiger charge is 2.11. The van der Waals surface area contributed by atoms with Gasteiger partial charge in [0.05, 0.1) is 18.5 Å². The van der Waals surface area contributed by atoms with Crippen LogP contribution in [0.2, 0.25) is 0 Å².